The van der Waals surface area contributed by atoms with E-state index >= 15 is 0 Å². The Labute approximate surface area is 142 Å². The molecule has 2 aliphatic rings. The van der Waals surface area contributed by atoms with E-state index in [0.717, 1.165) is 32.0 Å². The lowest BCUT2D eigenvalue weighted by molar-refractivity contribution is -0.167. The van der Waals surface area contributed by atoms with Gasteiger partial charge >= 0.3 is 0 Å². The number of aromatic nitrogens is 2. The van der Waals surface area contributed by atoms with Crippen molar-refractivity contribution in [2.45, 2.75) is 31.0 Å². The van der Waals surface area contributed by atoms with Gasteiger partial charge in [-0.1, -0.05) is 6.07 Å². The maximum Gasteiger partial charge on any atom is 0.254 e. The Kier molecular flexibility index (Phi) is 4.01. The van der Waals surface area contributed by atoms with Crippen molar-refractivity contribution in [1.82, 2.24) is 15.5 Å². The number of nitrogens with zero attached hydrogens (tertiary/aromatic N) is 1. The first kappa shape index (κ1) is 16.2. The molecule has 8 heteroatoms. The summed E-state index contributed by atoms with van der Waals surface area (Å²) in [5.74, 6) is -1.92. The number of amides is 1. The number of hydrogen-bond acceptors (Lipinski definition) is 4. The average molecular weight is 348 g/mol. The van der Waals surface area contributed by atoms with Gasteiger partial charge in [-0.05, 0) is 31.4 Å². The van der Waals surface area contributed by atoms with Crippen LogP contribution >= 0.6 is 0 Å². The first-order chi connectivity index (χ1) is 12.1. The summed E-state index contributed by atoms with van der Waals surface area (Å²) in [7, 11) is 0. The lowest BCUT2D eigenvalue weighted by Crippen LogP contribution is -2.64. The highest BCUT2D eigenvalue weighted by molar-refractivity contribution is 5.93. The van der Waals surface area contributed by atoms with Crippen molar-refractivity contribution in [3.8, 4) is 11.3 Å². The minimum absolute atomic E-state index is 0.0569. The molecule has 2 fully saturated rings. The van der Waals surface area contributed by atoms with Crippen LogP contribution in [-0.2, 0) is 9.53 Å². The maximum atomic E-state index is 13.8. The molecular formula is C17H18F2N4O2. The Morgan fingerprint density at radius 3 is 2.96 bits per heavy atom. The number of carbonyl (C=O) groups is 1. The third kappa shape index (κ3) is 3.03. The normalized spacial score (nSPS) is 21.8. The van der Waals surface area contributed by atoms with Crippen molar-refractivity contribution >= 4 is 11.7 Å². The number of ether oxygens (including phenoxy) is 1. The van der Waals surface area contributed by atoms with Gasteiger partial charge in [0, 0.05) is 24.7 Å². The van der Waals surface area contributed by atoms with E-state index in [9.17, 15) is 13.6 Å². The van der Waals surface area contributed by atoms with Crippen LogP contribution in [0.15, 0.2) is 24.3 Å². The fraction of sp³-hybridized carbons (Fsp3) is 0.412. The van der Waals surface area contributed by atoms with E-state index in [4.69, 9.17) is 4.74 Å². The summed E-state index contributed by atoms with van der Waals surface area (Å²) in [5, 5.41) is 12.4. The molecule has 3 heterocycles. The van der Waals surface area contributed by atoms with Gasteiger partial charge < -0.3 is 15.4 Å². The molecule has 1 aromatic heterocycles. The second-order valence-electron chi connectivity index (χ2n) is 6.54. The van der Waals surface area contributed by atoms with Crippen LogP contribution in [0.5, 0.6) is 0 Å². The Balaban J connectivity index is 1.46. The van der Waals surface area contributed by atoms with Crippen LogP contribution in [-0.4, -0.2) is 40.9 Å². The number of carbonyl (C=O) groups excluding carboxylic acids is 1. The largest absolute Gasteiger partial charge is 0.359 e. The average Bonchev–Trinajstić information content (AvgIpc) is 3.04. The monoisotopic (exact) mass is 348 g/mol. The van der Waals surface area contributed by atoms with E-state index in [1.165, 1.54) is 18.2 Å². The Morgan fingerprint density at radius 2 is 2.20 bits per heavy atom. The van der Waals surface area contributed by atoms with Gasteiger partial charge in [-0.15, -0.1) is 0 Å². The van der Waals surface area contributed by atoms with Crippen molar-refractivity contribution in [1.29, 1.82) is 0 Å². The minimum atomic E-state index is -0.959. The number of hydrogen-bond donors (Lipinski definition) is 3. The molecule has 1 unspecified atom stereocenters. The fourth-order valence-electron chi connectivity index (χ4n) is 3.32. The van der Waals surface area contributed by atoms with Crippen LogP contribution in [0.4, 0.5) is 14.6 Å². The highest BCUT2D eigenvalue weighted by Gasteiger charge is 2.44. The molecule has 2 saturated heterocycles. The zero-order valence-electron chi connectivity index (χ0n) is 13.4. The molecule has 1 aromatic carbocycles. The number of nitrogens with one attached hydrogen (secondary N) is 3. The molecule has 4 rings (SSSR count). The molecule has 0 radical (unpaired) electrons. The number of benzene rings is 1. The standard InChI is InChI=1S/C17H18F2N4O2/c18-11-4-1-3-10(15(11)19)12-7-14(23-22-12)21-16(24)13-5-2-6-17(25-13)8-20-9-17/h1,3-4,7,13,20H,2,5-6,8-9H2,(H2,21,22,23,24). The fourth-order valence-corrected chi connectivity index (χ4v) is 3.32. The van der Waals surface area contributed by atoms with Crippen LogP contribution in [0.25, 0.3) is 11.3 Å². The molecule has 3 N–H and O–H groups in total. The molecule has 1 amide bonds. The van der Waals surface area contributed by atoms with Crippen molar-refractivity contribution in [3.63, 3.8) is 0 Å². The van der Waals surface area contributed by atoms with E-state index < -0.39 is 17.7 Å². The summed E-state index contributed by atoms with van der Waals surface area (Å²) in [6, 6.07) is 5.37. The van der Waals surface area contributed by atoms with E-state index in [0.29, 0.717) is 6.42 Å². The molecule has 2 aromatic rings. The third-order valence-corrected chi connectivity index (χ3v) is 4.75. The highest BCUT2D eigenvalue weighted by Crippen LogP contribution is 2.32. The third-order valence-electron chi connectivity index (χ3n) is 4.75. The molecule has 0 aliphatic carbocycles. The first-order valence-corrected chi connectivity index (χ1v) is 8.26. The first-order valence-electron chi connectivity index (χ1n) is 8.26. The number of halogens is 2. The Hall–Kier alpha value is -2.32. The topological polar surface area (TPSA) is 79.0 Å². The predicted octanol–water partition coefficient (Wildman–Crippen LogP) is 2.20. The minimum Gasteiger partial charge on any atom is -0.359 e. The van der Waals surface area contributed by atoms with Crippen molar-refractivity contribution in [2.24, 2.45) is 0 Å². The lowest BCUT2D eigenvalue weighted by atomic mass is 9.86. The predicted molar refractivity (Wildman–Crippen MR) is 86.9 cm³/mol. The van der Waals surface area contributed by atoms with Crippen LogP contribution in [0.2, 0.25) is 0 Å². The molecular weight excluding hydrogens is 330 g/mol. The summed E-state index contributed by atoms with van der Waals surface area (Å²) in [5.41, 5.74) is 0.125. The SMILES string of the molecule is O=C(Nc1cc(-c2cccc(F)c2F)[nH]n1)C1CCCC2(CNC2)O1. The quantitative estimate of drug-likeness (QED) is 0.795. The molecule has 0 saturated carbocycles. The van der Waals surface area contributed by atoms with Gasteiger partial charge in [-0.25, -0.2) is 8.78 Å². The summed E-state index contributed by atoms with van der Waals surface area (Å²) >= 11 is 0. The molecule has 1 atom stereocenters. The smallest absolute Gasteiger partial charge is 0.254 e. The molecule has 25 heavy (non-hydrogen) atoms. The molecule has 2 aliphatic heterocycles. The Morgan fingerprint density at radius 1 is 1.36 bits per heavy atom. The van der Waals surface area contributed by atoms with E-state index in [1.807, 2.05) is 0 Å². The van der Waals surface area contributed by atoms with Gasteiger partial charge in [0.1, 0.15) is 6.10 Å². The Bertz CT molecular complexity index is 804. The van der Waals surface area contributed by atoms with Gasteiger partial charge in [0.15, 0.2) is 17.5 Å². The number of aromatic amines is 1. The van der Waals surface area contributed by atoms with E-state index in [-0.39, 0.29) is 28.6 Å². The maximum absolute atomic E-state index is 13.8. The summed E-state index contributed by atoms with van der Waals surface area (Å²) in [4.78, 5) is 12.4. The molecule has 1 spiro atoms. The second kappa shape index (κ2) is 6.20. The number of anilines is 1. The zero-order valence-corrected chi connectivity index (χ0v) is 13.4. The van der Waals surface area contributed by atoms with Crippen molar-refractivity contribution in [3.05, 3.63) is 35.9 Å². The lowest BCUT2D eigenvalue weighted by Gasteiger charge is -2.47. The van der Waals surface area contributed by atoms with E-state index in [2.05, 4.69) is 20.8 Å². The van der Waals surface area contributed by atoms with Crippen LogP contribution in [0.1, 0.15) is 19.3 Å². The summed E-state index contributed by atoms with van der Waals surface area (Å²) in [6.45, 7) is 1.53. The van der Waals surface area contributed by atoms with Crippen LogP contribution in [0.3, 0.4) is 0 Å². The molecule has 0 bridgehead atoms. The second-order valence-corrected chi connectivity index (χ2v) is 6.54. The highest BCUT2D eigenvalue weighted by atomic mass is 19.2. The van der Waals surface area contributed by atoms with Crippen molar-refractivity contribution in [2.75, 3.05) is 18.4 Å². The molecule has 6 nitrogen and oxygen atoms in total. The van der Waals surface area contributed by atoms with Crippen LogP contribution in [0, 0.1) is 11.6 Å². The summed E-state index contributed by atoms with van der Waals surface area (Å²) < 4.78 is 33.1. The number of H-pyrrole nitrogens is 1. The van der Waals surface area contributed by atoms with Gasteiger partial charge in [-0.2, -0.15) is 5.10 Å². The van der Waals surface area contributed by atoms with Gasteiger partial charge in [-0.3, -0.25) is 9.89 Å². The van der Waals surface area contributed by atoms with Crippen molar-refractivity contribution < 1.29 is 18.3 Å². The van der Waals surface area contributed by atoms with Gasteiger partial charge in [0.05, 0.1) is 11.3 Å². The van der Waals surface area contributed by atoms with Gasteiger partial charge in [0.25, 0.3) is 5.91 Å². The van der Waals surface area contributed by atoms with Crippen LogP contribution < -0.4 is 10.6 Å². The summed E-state index contributed by atoms with van der Waals surface area (Å²) in [6.07, 6.45) is 2.01. The zero-order chi connectivity index (χ0) is 17.4. The van der Waals surface area contributed by atoms with Gasteiger partial charge in [0.2, 0.25) is 0 Å². The van der Waals surface area contributed by atoms with E-state index in [1.54, 1.807) is 0 Å². The molecule has 132 valence electrons. The number of rotatable bonds is 3.